The lowest BCUT2D eigenvalue weighted by molar-refractivity contribution is -0.0462. The molecule has 5 heteroatoms. The normalized spacial score (nSPS) is 36.9. The van der Waals surface area contributed by atoms with E-state index < -0.39 is 5.60 Å². The van der Waals surface area contributed by atoms with Gasteiger partial charge in [-0.2, -0.15) is 5.10 Å². The highest BCUT2D eigenvalue weighted by molar-refractivity contribution is 6.30. The molecular weight excluding hydrogens is 298 g/mol. The van der Waals surface area contributed by atoms with Crippen LogP contribution in [0, 0.1) is 11.3 Å². The SMILES string of the molecule is CC1CCC2(CC2c2ccc(Cl)cc2)C1(O)Cc1ncn[nH]1. The lowest BCUT2D eigenvalue weighted by Gasteiger charge is -2.34. The quantitative estimate of drug-likeness (QED) is 0.912. The zero-order valence-electron chi connectivity index (χ0n) is 12.6. The molecule has 2 fully saturated rings. The van der Waals surface area contributed by atoms with Crippen LogP contribution in [0.15, 0.2) is 30.6 Å². The van der Waals surface area contributed by atoms with Gasteiger partial charge in [0.05, 0.1) is 5.60 Å². The van der Waals surface area contributed by atoms with Crippen LogP contribution in [-0.4, -0.2) is 25.9 Å². The van der Waals surface area contributed by atoms with Crippen LogP contribution in [0.2, 0.25) is 5.02 Å². The lowest BCUT2D eigenvalue weighted by Crippen LogP contribution is -2.43. The third kappa shape index (κ3) is 1.94. The molecule has 116 valence electrons. The molecule has 0 aliphatic heterocycles. The number of hydrogen-bond donors (Lipinski definition) is 2. The van der Waals surface area contributed by atoms with E-state index in [9.17, 15) is 5.11 Å². The molecular formula is C17H20ClN3O. The minimum atomic E-state index is -0.711. The second-order valence-corrected chi connectivity index (χ2v) is 7.37. The van der Waals surface area contributed by atoms with Gasteiger partial charge in [0.2, 0.25) is 0 Å². The van der Waals surface area contributed by atoms with E-state index in [1.807, 2.05) is 12.1 Å². The Labute approximate surface area is 134 Å². The zero-order chi connectivity index (χ0) is 15.4. The van der Waals surface area contributed by atoms with E-state index in [0.717, 1.165) is 30.1 Å². The maximum Gasteiger partial charge on any atom is 0.137 e. The number of aromatic nitrogens is 3. The van der Waals surface area contributed by atoms with Crippen LogP contribution < -0.4 is 0 Å². The van der Waals surface area contributed by atoms with Crippen LogP contribution >= 0.6 is 11.6 Å². The van der Waals surface area contributed by atoms with Crippen LogP contribution in [0.4, 0.5) is 0 Å². The van der Waals surface area contributed by atoms with Gasteiger partial charge >= 0.3 is 0 Å². The summed E-state index contributed by atoms with van der Waals surface area (Å²) < 4.78 is 0. The van der Waals surface area contributed by atoms with Gasteiger partial charge < -0.3 is 5.11 Å². The average Bonchev–Trinajstić information content (AvgIpc) is 2.94. The van der Waals surface area contributed by atoms with Crippen LogP contribution in [0.1, 0.15) is 43.5 Å². The Balaban J connectivity index is 1.65. The highest BCUT2D eigenvalue weighted by Crippen LogP contribution is 2.73. The Morgan fingerprint density at radius 2 is 2.14 bits per heavy atom. The summed E-state index contributed by atoms with van der Waals surface area (Å²) in [6, 6.07) is 8.08. The number of benzene rings is 1. The number of nitrogens with one attached hydrogen (secondary N) is 1. The summed E-state index contributed by atoms with van der Waals surface area (Å²) in [7, 11) is 0. The van der Waals surface area contributed by atoms with E-state index in [-0.39, 0.29) is 11.3 Å². The van der Waals surface area contributed by atoms with Crippen molar-refractivity contribution in [1.82, 2.24) is 15.2 Å². The first kappa shape index (κ1) is 14.2. The van der Waals surface area contributed by atoms with Crippen molar-refractivity contribution in [3.8, 4) is 0 Å². The first-order valence-electron chi connectivity index (χ1n) is 7.87. The number of nitrogens with zero attached hydrogens (tertiary/aromatic N) is 2. The van der Waals surface area contributed by atoms with Crippen LogP contribution in [-0.2, 0) is 6.42 Å². The van der Waals surface area contributed by atoms with Gasteiger partial charge in [0.1, 0.15) is 12.2 Å². The van der Waals surface area contributed by atoms with Crippen molar-refractivity contribution in [1.29, 1.82) is 0 Å². The van der Waals surface area contributed by atoms with E-state index in [1.54, 1.807) is 0 Å². The maximum atomic E-state index is 11.5. The number of halogens is 1. The first-order chi connectivity index (χ1) is 10.6. The molecule has 2 aliphatic carbocycles. The molecule has 1 aromatic carbocycles. The molecule has 0 radical (unpaired) electrons. The molecule has 0 bridgehead atoms. The Bertz CT molecular complexity index is 672. The molecule has 2 saturated carbocycles. The van der Waals surface area contributed by atoms with E-state index in [2.05, 4.69) is 34.2 Å². The fraction of sp³-hybridized carbons (Fsp3) is 0.529. The second-order valence-electron chi connectivity index (χ2n) is 6.94. The van der Waals surface area contributed by atoms with Crippen LogP contribution in [0.3, 0.4) is 0 Å². The summed E-state index contributed by atoms with van der Waals surface area (Å²) in [6.07, 6.45) is 5.25. The Morgan fingerprint density at radius 1 is 1.36 bits per heavy atom. The fourth-order valence-corrected chi connectivity index (χ4v) is 4.66. The van der Waals surface area contributed by atoms with E-state index in [4.69, 9.17) is 11.6 Å². The van der Waals surface area contributed by atoms with Crippen molar-refractivity contribution in [2.24, 2.45) is 11.3 Å². The summed E-state index contributed by atoms with van der Waals surface area (Å²) in [5.74, 6) is 1.47. The molecule has 1 aromatic heterocycles. The third-order valence-electron chi connectivity index (χ3n) is 5.95. The van der Waals surface area contributed by atoms with Crippen LogP contribution in [0.25, 0.3) is 0 Å². The summed E-state index contributed by atoms with van der Waals surface area (Å²) >= 11 is 5.99. The summed E-state index contributed by atoms with van der Waals surface area (Å²) in [5, 5.41) is 19.1. The maximum absolute atomic E-state index is 11.5. The van der Waals surface area contributed by atoms with Crippen molar-refractivity contribution < 1.29 is 5.11 Å². The molecule has 22 heavy (non-hydrogen) atoms. The van der Waals surface area contributed by atoms with Crippen LogP contribution in [0.5, 0.6) is 0 Å². The molecule has 4 nitrogen and oxygen atoms in total. The van der Waals surface area contributed by atoms with Gasteiger partial charge in [0.15, 0.2) is 0 Å². The van der Waals surface area contributed by atoms with E-state index in [0.29, 0.717) is 12.3 Å². The highest BCUT2D eigenvalue weighted by Gasteiger charge is 2.70. The van der Waals surface area contributed by atoms with Gasteiger partial charge in [-0.3, -0.25) is 5.10 Å². The molecule has 2 aliphatic rings. The molecule has 4 rings (SSSR count). The van der Waals surface area contributed by atoms with Gasteiger partial charge in [-0.1, -0.05) is 30.7 Å². The largest absolute Gasteiger partial charge is 0.389 e. The fourth-order valence-electron chi connectivity index (χ4n) is 4.53. The minimum absolute atomic E-state index is 0.0208. The number of aliphatic hydroxyl groups is 1. The summed E-state index contributed by atoms with van der Waals surface area (Å²) in [4.78, 5) is 4.22. The van der Waals surface area contributed by atoms with Gasteiger partial charge in [-0.05, 0) is 48.8 Å². The number of aromatic amines is 1. The molecule has 2 aromatic rings. The summed E-state index contributed by atoms with van der Waals surface area (Å²) in [6.45, 7) is 2.16. The zero-order valence-corrected chi connectivity index (χ0v) is 13.3. The topological polar surface area (TPSA) is 61.8 Å². The van der Waals surface area contributed by atoms with Gasteiger partial charge in [-0.25, -0.2) is 4.98 Å². The van der Waals surface area contributed by atoms with Gasteiger partial charge in [-0.15, -0.1) is 0 Å². The molecule has 1 spiro atoms. The predicted octanol–water partition coefficient (Wildman–Crippen LogP) is 3.34. The standard InChI is InChI=1S/C17H20ClN3O/c1-11-6-7-16(17(11,22)9-15-19-10-20-21-15)8-14(16)12-2-4-13(18)5-3-12/h2-5,10-11,14,22H,6-9H2,1H3,(H,19,20,21). The van der Waals surface area contributed by atoms with Crippen molar-refractivity contribution >= 4 is 11.6 Å². The first-order valence-corrected chi connectivity index (χ1v) is 8.25. The van der Waals surface area contributed by atoms with Crippen molar-refractivity contribution in [3.63, 3.8) is 0 Å². The van der Waals surface area contributed by atoms with Crippen molar-refractivity contribution in [3.05, 3.63) is 47.0 Å². The van der Waals surface area contributed by atoms with Crippen molar-refractivity contribution in [2.45, 2.75) is 44.1 Å². The number of rotatable bonds is 3. The lowest BCUT2D eigenvalue weighted by atomic mass is 9.77. The summed E-state index contributed by atoms with van der Waals surface area (Å²) in [5.41, 5.74) is 0.554. The molecule has 4 unspecified atom stereocenters. The molecule has 2 N–H and O–H groups in total. The molecule has 0 amide bonds. The Hall–Kier alpha value is -1.39. The molecule has 1 heterocycles. The highest BCUT2D eigenvalue weighted by atomic mass is 35.5. The smallest absolute Gasteiger partial charge is 0.137 e. The molecule has 4 atom stereocenters. The second kappa shape index (κ2) is 4.80. The van der Waals surface area contributed by atoms with Crippen molar-refractivity contribution in [2.75, 3.05) is 0 Å². The third-order valence-corrected chi connectivity index (χ3v) is 6.20. The number of H-pyrrole nitrogens is 1. The Kier molecular flexibility index (Phi) is 3.10. The number of hydrogen-bond acceptors (Lipinski definition) is 3. The van der Waals surface area contributed by atoms with Gasteiger partial charge in [0, 0.05) is 16.9 Å². The average molecular weight is 318 g/mol. The van der Waals surface area contributed by atoms with Gasteiger partial charge in [0.25, 0.3) is 0 Å². The van der Waals surface area contributed by atoms with E-state index in [1.165, 1.54) is 11.9 Å². The predicted molar refractivity (Wildman–Crippen MR) is 84.7 cm³/mol. The monoisotopic (exact) mass is 317 g/mol. The molecule has 0 saturated heterocycles. The van der Waals surface area contributed by atoms with E-state index >= 15 is 0 Å². The Morgan fingerprint density at radius 3 is 2.82 bits per heavy atom. The minimum Gasteiger partial charge on any atom is -0.389 e.